The average Bonchev–Trinajstić information content (AvgIpc) is 2.84. The molecular weight excluding hydrogens is 454 g/mol. The molecular formula is C25H22ClN5O3. The molecule has 0 aliphatic heterocycles. The molecule has 0 saturated carbocycles. The van der Waals surface area contributed by atoms with E-state index in [1.165, 1.54) is 0 Å². The number of benzene rings is 2. The second-order valence-corrected chi connectivity index (χ2v) is 8.21. The first-order chi connectivity index (χ1) is 16.3. The van der Waals surface area contributed by atoms with Crippen LogP contribution in [0.5, 0.6) is 0 Å². The summed E-state index contributed by atoms with van der Waals surface area (Å²) in [4.78, 5) is 43.7. The van der Waals surface area contributed by atoms with Gasteiger partial charge in [0, 0.05) is 11.2 Å². The van der Waals surface area contributed by atoms with E-state index in [2.05, 4.69) is 15.4 Å². The van der Waals surface area contributed by atoms with Gasteiger partial charge >= 0.3 is 5.69 Å². The molecule has 0 atom stereocenters. The fraction of sp³-hybridized carbons (Fsp3) is 0.160. The lowest BCUT2D eigenvalue weighted by molar-refractivity contribution is 0.0940. The van der Waals surface area contributed by atoms with Crippen LogP contribution in [0.25, 0.3) is 5.69 Å². The smallest absolute Gasteiger partial charge is 0.345 e. The minimum atomic E-state index is -0.802. The van der Waals surface area contributed by atoms with Crippen molar-refractivity contribution in [3.05, 3.63) is 121 Å². The molecule has 0 unspecified atom stereocenters. The van der Waals surface area contributed by atoms with E-state index >= 15 is 0 Å². The molecule has 34 heavy (non-hydrogen) atoms. The molecule has 0 bridgehead atoms. The molecule has 172 valence electrons. The number of halogens is 1. The maximum absolute atomic E-state index is 13.3. The Kier molecular flexibility index (Phi) is 6.70. The Morgan fingerprint density at radius 1 is 1.00 bits per heavy atom. The highest BCUT2D eigenvalue weighted by Crippen LogP contribution is 2.16. The van der Waals surface area contributed by atoms with Crippen molar-refractivity contribution >= 4 is 17.5 Å². The number of aryl methyl sites for hydroxylation is 2. The van der Waals surface area contributed by atoms with E-state index in [9.17, 15) is 14.4 Å². The van der Waals surface area contributed by atoms with Crippen LogP contribution >= 0.6 is 11.6 Å². The number of rotatable bonds is 6. The van der Waals surface area contributed by atoms with Gasteiger partial charge in [-0.05, 0) is 60.9 Å². The van der Waals surface area contributed by atoms with Gasteiger partial charge in [-0.2, -0.15) is 9.78 Å². The molecule has 1 amide bonds. The number of carbonyl (C=O) groups is 1. The molecule has 0 saturated heterocycles. The summed E-state index contributed by atoms with van der Waals surface area (Å²) in [6, 6.07) is 17.6. The van der Waals surface area contributed by atoms with Gasteiger partial charge in [0.15, 0.2) is 0 Å². The van der Waals surface area contributed by atoms with Crippen LogP contribution in [0.4, 0.5) is 0 Å². The third kappa shape index (κ3) is 4.82. The Bertz CT molecular complexity index is 1480. The maximum atomic E-state index is 13.3. The highest BCUT2D eigenvalue weighted by molar-refractivity contribution is 6.31. The van der Waals surface area contributed by atoms with Crippen LogP contribution < -0.4 is 16.6 Å². The molecule has 2 heterocycles. The van der Waals surface area contributed by atoms with Gasteiger partial charge in [0.05, 0.1) is 24.5 Å². The van der Waals surface area contributed by atoms with Crippen LogP contribution in [0.2, 0.25) is 5.02 Å². The molecule has 2 aromatic carbocycles. The first kappa shape index (κ1) is 23.1. The highest BCUT2D eigenvalue weighted by Gasteiger charge is 2.21. The second kappa shape index (κ2) is 9.84. The van der Waals surface area contributed by atoms with Gasteiger partial charge in [-0.25, -0.2) is 4.79 Å². The molecule has 0 aliphatic carbocycles. The first-order valence-corrected chi connectivity index (χ1v) is 11.0. The fourth-order valence-electron chi connectivity index (χ4n) is 3.38. The Balaban J connectivity index is 1.82. The molecule has 4 aromatic rings. The molecule has 0 radical (unpaired) electrons. The van der Waals surface area contributed by atoms with Crippen LogP contribution in [0.15, 0.2) is 76.4 Å². The van der Waals surface area contributed by atoms with Gasteiger partial charge < -0.3 is 5.32 Å². The van der Waals surface area contributed by atoms with Crippen molar-refractivity contribution in [3.63, 3.8) is 0 Å². The number of hydrogen-bond donors (Lipinski definition) is 1. The number of hydrogen-bond acceptors (Lipinski definition) is 5. The van der Waals surface area contributed by atoms with Crippen molar-refractivity contribution in [1.29, 1.82) is 0 Å². The lowest BCUT2D eigenvalue weighted by Crippen LogP contribution is -2.46. The number of aromatic nitrogens is 4. The van der Waals surface area contributed by atoms with Crippen LogP contribution in [0.1, 0.15) is 32.9 Å². The Labute approximate surface area is 200 Å². The highest BCUT2D eigenvalue weighted by atomic mass is 35.5. The SMILES string of the molecule is Cc1ccc(-n2nc(C(=O)NCc3ccccn3)c(=O)n(Cc3ccccc3Cl)c2=O)cc1C. The third-order valence-electron chi connectivity index (χ3n) is 5.45. The summed E-state index contributed by atoms with van der Waals surface area (Å²) in [5.74, 6) is -0.707. The normalized spacial score (nSPS) is 10.8. The lowest BCUT2D eigenvalue weighted by Gasteiger charge is -2.13. The molecule has 0 spiro atoms. The summed E-state index contributed by atoms with van der Waals surface area (Å²) in [5.41, 5.74) is 1.74. The minimum Gasteiger partial charge on any atom is -0.345 e. The molecule has 4 rings (SSSR count). The van der Waals surface area contributed by atoms with Crippen molar-refractivity contribution in [2.75, 3.05) is 0 Å². The minimum absolute atomic E-state index is 0.105. The maximum Gasteiger partial charge on any atom is 0.352 e. The van der Waals surface area contributed by atoms with E-state index < -0.39 is 22.9 Å². The number of nitrogens with zero attached hydrogens (tertiary/aromatic N) is 4. The first-order valence-electron chi connectivity index (χ1n) is 10.6. The quantitative estimate of drug-likeness (QED) is 0.462. The van der Waals surface area contributed by atoms with E-state index in [0.717, 1.165) is 20.4 Å². The lowest BCUT2D eigenvalue weighted by atomic mass is 10.1. The number of carbonyl (C=O) groups excluding carboxylic acids is 1. The van der Waals surface area contributed by atoms with Gasteiger partial charge in [-0.3, -0.25) is 19.1 Å². The van der Waals surface area contributed by atoms with Crippen LogP contribution in [-0.4, -0.2) is 25.2 Å². The van der Waals surface area contributed by atoms with Crippen LogP contribution in [-0.2, 0) is 13.1 Å². The Morgan fingerprint density at radius 2 is 1.76 bits per heavy atom. The summed E-state index contributed by atoms with van der Waals surface area (Å²) in [6.07, 6.45) is 1.61. The zero-order chi connectivity index (χ0) is 24.2. The largest absolute Gasteiger partial charge is 0.352 e. The Hall–Kier alpha value is -4.04. The monoisotopic (exact) mass is 475 g/mol. The van der Waals surface area contributed by atoms with Gasteiger partial charge in [0.1, 0.15) is 0 Å². The fourth-order valence-corrected chi connectivity index (χ4v) is 3.57. The predicted octanol–water partition coefficient (Wildman–Crippen LogP) is 3.04. The van der Waals surface area contributed by atoms with Gasteiger partial charge in [-0.15, -0.1) is 0 Å². The van der Waals surface area contributed by atoms with Crippen LogP contribution in [0, 0.1) is 13.8 Å². The van der Waals surface area contributed by atoms with Crippen molar-refractivity contribution in [2.24, 2.45) is 0 Å². The van der Waals surface area contributed by atoms with Gasteiger partial charge in [0.2, 0.25) is 5.69 Å². The average molecular weight is 476 g/mol. The molecule has 9 heteroatoms. The van der Waals surface area contributed by atoms with E-state index in [4.69, 9.17) is 11.6 Å². The van der Waals surface area contributed by atoms with E-state index in [1.54, 1.807) is 60.8 Å². The zero-order valence-electron chi connectivity index (χ0n) is 18.7. The zero-order valence-corrected chi connectivity index (χ0v) is 19.4. The number of nitrogens with one attached hydrogen (secondary N) is 1. The van der Waals surface area contributed by atoms with E-state index in [1.807, 2.05) is 19.9 Å². The van der Waals surface area contributed by atoms with E-state index in [0.29, 0.717) is 22.0 Å². The topological polar surface area (TPSA) is 98.9 Å². The molecule has 2 aromatic heterocycles. The molecule has 1 N–H and O–H groups in total. The molecule has 0 fully saturated rings. The summed E-state index contributed by atoms with van der Waals surface area (Å²) >= 11 is 6.27. The van der Waals surface area contributed by atoms with Crippen molar-refractivity contribution in [2.45, 2.75) is 26.9 Å². The van der Waals surface area contributed by atoms with Gasteiger partial charge in [-0.1, -0.05) is 41.9 Å². The molecule has 8 nitrogen and oxygen atoms in total. The Morgan fingerprint density at radius 3 is 2.47 bits per heavy atom. The van der Waals surface area contributed by atoms with E-state index in [-0.39, 0.29) is 13.1 Å². The summed E-state index contributed by atoms with van der Waals surface area (Å²) < 4.78 is 2.04. The standard InChI is InChI=1S/C25H22ClN5O3/c1-16-10-11-20(13-17(16)2)31-25(34)30(15-18-7-3-4-9-21(18)26)24(33)22(29-31)23(32)28-14-19-8-5-6-12-27-19/h3-13H,14-15H2,1-2H3,(H,28,32). The summed E-state index contributed by atoms with van der Waals surface area (Å²) in [6.45, 7) is 3.85. The third-order valence-corrected chi connectivity index (χ3v) is 5.82. The van der Waals surface area contributed by atoms with Gasteiger partial charge in [0.25, 0.3) is 11.5 Å². The number of pyridine rings is 1. The summed E-state index contributed by atoms with van der Waals surface area (Å²) in [7, 11) is 0. The van der Waals surface area contributed by atoms with Crippen molar-refractivity contribution in [1.82, 2.24) is 24.6 Å². The number of amides is 1. The van der Waals surface area contributed by atoms with Crippen LogP contribution in [0.3, 0.4) is 0 Å². The molecule has 0 aliphatic rings. The van der Waals surface area contributed by atoms with Crippen molar-refractivity contribution in [3.8, 4) is 5.69 Å². The predicted molar refractivity (Wildman–Crippen MR) is 130 cm³/mol. The second-order valence-electron chi connectivity index (χ2n) is 7.80. The van der Waals surface area contributed by atoms with Crippen molar-refractivity contribution < 1.29 is 4.79 Å². The summed E-state index contributed by atoms with van der Waals surface area (Å²) in [5, 5.41) is 7.22.